The molecule has 0 unspecified atom stereocenters. The Kier molecular flexibility index (Phi) is 3.35. The summed E-state index contributed by atoms with van der Waals surface area (Å²) in [5.74, 6) is 1.41. The smallest absolute Gasteiger partial charge is 0.219 e. The molecule has 0 atom stereocenters. The van der Waals surface area contributed by atoms with Crippen LogP contribution in [-0.4, -0.2) is 4.98 Å². The minimum Gasteiger partial charge on any atom is -0.438 e. The van der Waals surface area contributed by atoms with E-state index in [2.05, 4.69) is 17.1 Å². The van der Waals surface area contributed by atoms with E-state index in [0.29, 0.717) is 12.4 Å². The molecule has 0 aliphatic heterocycles. The van der Waals surface area contributed by atoms with E-state index in [1.54, 1.807) is 0 Å². The van der Waals surface area contributed by atoms with E-state index in [0.717, 1.165) is 27.8 Å². The van der Waals surface area contributed by atoms with Gasteiger partial charge in [0.15, 0.2) is 0 Å². The molecule has 0 bridgehead atoms. The summed E-state index contributed by atoms with van der Waals surface area (Å²) in [6.07, 6.45) is 0. The standard InChI is InChI=1S/C17H16N2O/c1-12-14(11-18)9-10-17(19-12)20-16-8-4-6-13-5-2-3-7-15(13)16/h2-10H,11,18H2,1H3. The minimum atomic E-state index is 0.493. The number of nitrogens with two attached hydrogens (primary N) is 1. The Labute approximate surface area is 118 Å². The fraction of sp³-hybridized carbons (Fsp3) is 0.118. The minimum absolute atomic E-state index is 0.493. The van der Waals surface area contributed by atoms with E-state index in [-0.39, 0.29) is 0 Å². The molecule has 2 N–H and O–H groups in total. The van der Waals surface area contributed by atoms with Gasteiger partial charge >= 0.3 is 0 Å². The maximum absolute atomic E-state index is 5.92. The van der Waals surface area contributed by atoms with Gasteiger partial charge in [-0.3, -0.25) is 0 Å². The number of hydrogen-bond donors (Lipinski definition) is 1. The van der Waals surface area contributed by atoms with Crippen LogP contribution >= 0.6 is 0 Å². The van der Waals surface area contributed by atoms with Crippen molar-refractivity contribution in [3.05, 3.63) is 65.9 Å². The van der Waals surface area contributed by atoms with Crippen LogP contribution < -0.4 is 10.5 Å². The Balaban J connectivity index is 1.99. The number of ether oxygens (including phenoxy) is 1. The van der Waals surface area contributed by atoms with Gasteiger partial charge in [0, 0.05) is 23.7 Å². The Morgan fingerprint density at radius 3 is 2.60 bits per heavy atom. The monoisotopic (exact) mass is 264 g/mol. The van der Waals surface area contributed by atoms with Crippen LogP contribution in [0.2, 0.25) is 0 Å². The number of benzene rings is 2. The molecule has 0 saturated heterocycles. The van der Waals surface area contributed by atoms with Crippen molar-refractivity contribution in [1.29, 1.82) is 0 Å². The number of hydrogen-bond acceptors (Lipinski definition) is 3. The van der Waals surface area contributed by atoms with E-state index in [1.165, 1.54) is 0 Å². The molecule has 3 rings (SSSR count). The van der Waals surface area contributed by atoms with Crippen LogP contribution in [0.3, 0.4) is 0 Å². The summed E-state index contributed by atoms with van der Waals surface area (Å²) in [7, 11) is 0. The number of rotatable bonds is 3. The summed E-state index contributed by atoms with van der Waals surface area (Å²) >= 11 is 0. The van der Waals surface area contributed by atoms with E-state index in [9.17, 15) is 0 Å². The van der Waals surface area contributed by atoms with Crippen LogP contribution in [0.1, 0.15) is 11.3 Å². The number of nitrogens with zero attached hydrogens (tertiary/aromatic N) is 1. The number of aryl methyl sites for hydroxylation is 1. The first-order valence-electron chi connectivity index (χ1n) is 6.60. The second-order valence-corrected chi connectivity index (χ2v) is 4.68. The molecule has 3 aromatic rings. The van der Waals surface area contributed by atoms with Gasteiger partial charge < -0.3 is 10.5 Å². The van der Waals surface area contributed by atoms with E-state index in [4.69, 9.17) is 10.5 Å². The zero-order valence-corrected chi connectivity index (χ0v) is 11.3. The van der Waals surface area contributed by atoms with Crippen molar-refractivity contribution in [2.45, 2.75) is 13.5 Å². The zero-order chi connectivity index (χ0) is 13.9. The van der Waals surface area contributed by atoms with Crippen LogP contribution in [0, 0.1) is 6.92 Å². The molecule has 0 amide bonds. The third-order valence-corrected chi connectivity index (χ3v) is 3.35. The van der Waals surface area contributed by atoms with Gasteiger partial charge in [0.05, 0.1) is 0 Å². The van der Waals surface area contributed by atoms with E-state index in [1.807, 2.05) is 49.4 Å². The summed E-state index contributed by atoms with van der Waals surface area (Å²) in [5, 5.41) is 2.23. The molecule has 0 saturated carbocycles. The summed E-state index contributed by atoms with van der Waals surface area (Å²) in [6.45, 7) is 2.44. The molecule has 0 aliphatic carbocycles. The second kappa shape index (κ2) is 5.31. The van der Waals surface area contributed by atoms with Crippen molar-refractivity contribution in [3.8, 4) is 11.6 Å². The number of aromatic nitrogens is 1. The van der Waals surface area contributed by atoms with Crippen LogP contribution in [0.25, 0.3) is 10.8 Å². The van der Waals surface area contributed by atoms with Gasteiger partial charge in [-0.15, -0.1) is 0 Å². The van der Waals surface area contributed by atoms with Gasteiger partial charge in [-0.2, -0.15) is 0 Å². The third kappa shape index (κ3) is 2.36. The predicted octanol–water partition coefficient (Wildman–Crippen LogP) is 3.79. The average Bonchev–Trinajstić information content (AvgIpc) is 2.48. The van der Waals surface area contributed by atoms with Gasteiger partial charge in [0.25, 0.3) is 0 Å². The fourth-order valence-corrected chi connectivity index (χ4v) is 2.24. The lowest BCUT2D eigenvalue weighted by Crippen LogP contribution is -2.01. The topological polar surface area (TPSA) is 48.1 Å². The average molecular weight is 264 g/mol. The molecule has 0 fully saturated rings. The largest absolute Gasteiger partial charge is 0.438 e. The Bertz CT molecular complexity index is 748. The lowest BCUT2D eigenvalue weighted by molar-refractivity contribution is 0.466. The number of fused-ring (bicyclic) bond motifs is 1. The van der Waals surface area contributed by atoms with Gasteiger partial charge in [-0.25, -0.2) is 4.98 Å². The molecule has 3 heteroatoms. The van der Waals surface area contributed by atoms with Gasteiger partial charge in [0.1, 0.15) is 5.75 Å². The molecule has 1 aromatic heterocycles. The Hall–Kier alpha value is -2.39. The molecule has 20 heavy (non-hydrogen) atoms. The first kappa shape index (κ1) is 12.6. The van der Waals surface area contributed by atoms with Crippen molar-refractivity contribution < 1.29 is 4.74 Å². The van der Waals surface area contributed by atoms with Gasteiger partial charge in [0.2, 0.25) is 5.88 Å². The molecule has 1 heterocycles. The van der Waals surface area contributed by atoms with E-state index < -0.39 is 0 Å². The summed E-state index contributed by atoms with van der Waals surface area (Å²) in [4.78, 5) is 4.44. The van der Waals surface area contributed by atoms with Crippen molar-refractivity contribution in [2.75, 3.05) is 0 Å². The first-order valence-corrected chi connectivity index (χ1v) is 6.60. The lowest BCUT2D eigenvalue weighted by atomic mass is 10.1. The molecule has 100 valence electrons. The molecule has 0 spiro atoms. The molecule has 2 aromatic carbocycles. The molecule has 0 aliphatic rings. The van der Waals surface area contributed by atoms with Crippen molar-refractivity contribution in [3.63, 3.8) is 0 Å². The zero-order valence-electron chi connectivity index (χ0n) is 11.3. The maximum Gasteiger partial charge on any atom is 0.219 e. The van der Waals surface area contributed by atoms with Gasteiger partial charge in [-0.05, 0) is 23.9 Å². The highest BCUT2D eigenvalue weighted by Crippen LogP contribution is 2.29. The first-order chi connectivity index (χ1) is 9.78. The number of pyridine rings is 1. The summed E-state index contributed by atoms with van der Waals surface area (Å²) in [6, 6.07) is 18.0. The van der Waals surface area contributed by atoms with Crippen molar-refractivity contribution in [2.24, 2.45) is 5.73 Å². The lowest BCUT2D eigenvalue weighted by Gasteiger charge is -2.10. The summed E-state index contributed by atoms with van der Waals surface area (Å²) in [5.41, 5.74) is 7.59. The van der Waals surface area contributed by atoms with Crippen molar-refractivity contribution in [1.82, 2.24) is 4.98 Å². The molecule has 3 nitrogen and oxygen atoms in total. The SMILES string of the molecule is Cc1nc(Oc2cccc3ccccc23)ccc1CN. The van der Waals surface area contributed by atoms with Crippen molar-refractivity contribution >= 4 is 10.8 Å². The molecular weight excluding hydrogens is 248 g/mol. The Morgan fingerprint density at radius 2 is 1.80 bits per heavy atom. The highest BCUT2D eigenvalue weighted by molar-refractivity contribution is 5.88. The van der Waals surface area contributed by atoms with Gasteiger partial charge in [-0.1, -0.05) is 42.5 Å². The van der Waals surface area contributed by atoms with E-state index >= 15 is 0 Å². The van der Waals surface area contributed by atoms with Crippen LogP contribution in [-0.2, 0) is 6.54 Å². The van der Waals surface area contributed by atoms with Crippen LogP contribution in [0.4, 0.5) is 0 Å². The highest BCUT2D eigenvalue weighted by Gasteiger charge is 2.05. The predicted molar refractivity (Wildman–Crippen MR) is 80.9 cm³/mol. The van der Waals surface area contributed by atoms with Crippen LogP contribution in [0.15, 0.2) is 54.6 Å². The third-order valence-electron chi connectivity index (χ3n) is 3.35. The Morgan fingerprint density at radius 1 is 1.00 bits per heavy atom. The fourth-order valence-electron chi connectivity index (χ4n) is 2.24. The highest BCUT2D eigenvalue weighted by atomic mass is 16.5. The normalized spacial score (nSPS) is 10.7. The maximum atomic E-state index is 5.92. The molecular formula is C17H16N2O. The molecule has 0 radical (unpaired) electrons. The second-order valence-electron chi connectivity index (χ2n) is 4.68. The summed E-state index contributed by atoms with van der Waals surface area (Å²) < 4.78 is 5.92. The quantitative estimate of drug-likeness (QED) is 0.782. The van der Waals surface area contributed by atoms with Crippen LogP contribution in [0.5, 0.6) is 11.6 Å².